The summed E-state index contributed by atoms with van der Waals surface area (Å²) in [5.41, 5.74) is 10.7. The molecule has 0 spiro atoms. The van der Waals surface area contributed by atoms with Crippen molar-refractivity contribution in [2.24, 2.45) is 0 Å². The molecule has 0 N–H and O–H groups in total. The van der Waals surface area contributed by atoms with Gasteiger partial charge in [0, 0.05) is 34.1 Å². The first-order valence-electron chi connectivity index (χ1n) is 15.3. The summed E-state index contributed by atoms with van der Waals surface area (Å²) in [6.45, 7) is 2.26. The molecule has 6 aromatic carbocycles. The van der Waals surface area contributed by atoms with Crippen LogP contribution < -0.4 is 9.80 Å². The Kier molecular flexibility index (Phi) is 8.95. The highest BCUT2D eigenvalue weighted by Crippen LogP contribution is 2.37. The maximum Gasteiger partial charge on any atom is 0.0462 e. The van der Waals surface area contributed by atoms with Crippen LogP contribution in [0.5, 0.6) is 0 Å². The van der Waals surface area contributed by atoms with Gasteiger partial charge >= 0.3 is 0 Å². The van der Waals surface area contributed by atoms with Crippen LogP contribution >= 0.6 is 0 Å². The molecular formula is C41H38N2. The SMILES string of the molecule is CCCCCc1ccc(N(c2ccccc2)c2ccc(-c3ccc(N(c4ccccc4)c4ccccc4)cc3)cc2)cc1. The van der Waals surface area contributed by atoms with E-state index < -0.39 is 0 Å². The molecule has 0 aromatic heterocycles. The summed E-state index contributed by atoms with van der Waals surface area (Å²) in [7, 11) is 0. The second-order valence-electron chi connectivity index (χ2n) is 10.9. The predicted molar refractivity (Wildman–Crippen MR) is 184 cm³/mol. The van der Waals surface area contributed by atoms with Crippen molar-refractivity contribution in [3.63, 3.8) is 0 Å². The van der Waals surface area contributed by atoms with Crippen LogP contribution in [0.15, 0.2) is 164 Å². The molecule has 0 radical (unpaired) electrons. The first-order valence-corrected chi connectivity index (χ1v) is 15.3. The number of anilines is 6. The molecule has 2 nitrogen and oxygen atoms in total. The van der Waals surface area contributed by atoms with Crippen LogP contribution in [0, 0.1) is 0 Å². The number of hydrogen-bond donors (Lipinski definition) is 0. The highest BCUT2D eigenvalue weighted by Gasteiger charge is 2.14. The quantitative estimate of drug-likeness (QED) is 0.146. The van der Waals surface area contributed by atoms with Gasteiger partial charge in [0.1, 0.15) is 0 Å². The first-order chi connectivity index (χ1) is 21.3. The molecule has 0 atom stereocenters. The Labute approximate surface area is 256 Å². The van der Waals surface area contributed by atoms with E-state index in [1.807, 2.05) is 0 Å². The lowest BCUT2D eigenvalue weighted by Gasteiger charge is -2.26. The summed E-state index contributed by atoms with van der Waals surface area (Å²) >= 11 is 0. The van der Waals surface area contributed by atoms with Crippen molar-refractivity contribution in [2.45, 2.75) is 32.6 Å². The van der Waals surface area contributed by atoms with E-state index >= 15 is 0 Å². The molecule has 0 heterocycles. The largest absolute Gasteiger partial charge is 0.311 e. The van der Waals surface area contributed by atoms with Gasteiger partial charge in [-0.1, -0.05) is 111 Å². The van der Waals surface area contributed by atoms with Gasteiger partial charge in [-0.3, -0.25) is 0 Å². The molecule has 0 aliphatic rings. The van der Waals surface area contributed by atoms with Gasteiger partial charge in [-0.25, -0.2) is 0 Å². The predicted octanol–water partition coefficient (Wildman–Crippen LogP) is 12.0. The number of aryl methyl sites for hydroxylation is 1. The first kappa shape index (κ1) is 28.1. The molecule has 6 aromatic rings. The minimum atomic E-state index is 1.13. The van der Waals surface area contributed by atoms with Crippen molar-refractivity contribution in [2.75, 3.05) is 9.80 Å². The molecule has 2 heteroatoms. The molecule has 0 amide bonds. The lowest BCUT2D eigenvalue weighted by molar-refractivity contribution is 0.717. The number of nitrogens with zero attached hydrogens (tertiary/aromatic N) is 2. The van der Waals surface area contributed by atoms with Crippen LogP contribution in [0.4, 0.5) is 34.1 Å². The smallest absolute Gasteiger partial charge is 0.0462 e. The van der Waals surface area contributed by atoms with E-state index in [2.05, 4.69) is 181 Å². The Balaban J connectivity index is 1.27. The van der Waals surface area contributed by atoms with Gasteiger partial charge < -0.3 is 9.80 Å². The highest BCUT2D eigenvalue weighted by atomic mass is 15.1. The molecule has 0 saturated carbocycles. The highest BCUT2D eigenvalue weighted by molar-refractivity contribution is 5.80. The van der Waals surface area contributed by atoms with E-state index in [0.717, 1.165) is 34.9 Å². The van der Waals surface area contributed by atoms with Crippen molar-refractivity contribution in [1.29, 1.82) is 0 Å². The van der Waals surface area contributed by atoms with Gasteiger partial charge in [-0.05, 0) is 102 Å². The summed E-state index contributed by atoms with van der Waals surface area (Å²) in [6.07, 6.45) is 4.92. The number of hydrogen-bond acceptors (Lipinski definition) is 2. The number of rotatable bonds is 11. The molecule has 0 unspecified atom stereocenters. The van der Waals surface area contributed by atoms with Crippen LogP contribution in [-0.2, 0) is 6.42 Å². The average molecular weight is 559 g/mol. The third-order valence-corrected chi connectivity index (χ3v) is 7.89. The molecular weight excluding hydrogens is 520 g/mol. The molecule has 43 heavy (non-hydrogen) atoms. The fourth-order valence-corrected chi connectivity index (χ4v) is 5.62. The van der Waals surface area contributed by atoms with Crippen molar-refractivity contribution in [3.8, 4) is 11.1 Å². The molecule has 0 saturated heterocycles. The minimum Gasteiger partial charge on any atom is -0.311 e. The average Bonchev–Trinajstić information content (AvgIpc) is 3.08. The van der Waals surface area contributed by atoms with Crippen LogP contribution in [0.1, 0.15) is 31.7 Å². The van der Waals surface area contributed by atoms with E-state index in [1.165, 1.54) is 41.6 Å². The zero-order valence-corrected chi connectivity index (χ0v) is 24.8. The number of para-hydroxylation sites is 3. The summed E-state index contributed by atoms with van der Waals surface area (Å²) in [6, 6.07) is 58.5. The molecule has 0 aliphatic carbocycles. The Bertz CT molecular complexity index is 1640. The van der Waals surface area contributed by atoms with Crippen molar-refractivity contribution in [3.05, 3.63) is 169 Å². The fraction of sp³-hybridized carbons (Fsp3) is 0.122. The minimum absolute atomic E-state index is 1.13. The summed E-state index contributed by atoms with van der Waals surface area (Å²) in [5, 5.41) is 0. The lowest BCUT2D eigenvalue weighted by atomic mass is 10.0. The lowest BCUT2D eigenvalue weighted by Crippen LogP contribution is -2.10. The summed E-state index contributed by atoms with van der Waals surface area (Å²) < 4.78 is 0. The van der Waals surface area contributed by atoms with Crippen molar-refractivity contribution >= 4 is 34.1 Å². The van der Waals surface area contributed by atoms with Gasteiger partial charge in [0.25, 0.3) is 0 Å². The van der Waals surface area contributed by atoms with E-state index in [1.54, 1.807) is 0 Å². The normalized spacial score (nSPS) is 10.8. The van der Waals surface area contributed by atoms with Gasteiger partial charge in [-0.15, -0.1) is 0 Å². The number of unbranched alkanes of at least 4 members (excludes halogenated alkanes) is 2. The summed E-state index contributed by atoms with van der Waals surface area (Å²) in [4.78, 5) is 4.62. The van der Waals surface area contributed by atoms with E-state index in [4.69, 9.17) is 0 Å². The van der Waals surface area contributed by atoms with Crippen LogP contribution in [0.25, 0.3) is 11.1 Å². The topological polar surface area (TPSA) is 6.48 Å². The Morgan fingerprint density at radius 1 is 0.349 bits per heavy atom. The molecule has 0 bridgehead atoms. The Morgan fingerprint density at radius 2 is 0.674 bits per heavy atom. The van der Waals surface area contributed by atoms with Crippen molar-refractivity contribution < 1.29 is 0 Å². The molecule has 212 valence electrons. The van der Waals surface area contributed by atoms with Gasteiger partial charge in [0.05, 0.1) is 0 Å². The monoisotopic (exact) mass is 558 g/mol. The van der Waals surface area contributed by atoms with E-state index in [0.29, 0.717) is 0 Å². The van der Waals surface area contributed by atoms with Crippen LogP contribution in [0.3, 0.4) is 0 Å². The van der Waals surface area contributed by atoms with Crippen LogP contribution in [0.2, 0.25) is 0 Å². The third kappa shape index (κ3) is 6.71. The Morgan fingerprint density at radius 3 is 1.02 bits per heavy atom. The van der Waals surface area contributed by atoms with Gasteiger partial charge in [-0.2, -0.15) is 0 Å². The van der Waals surface area contributed by atoms with E-state index in [9.17, 15) is 0 Å². The third-order valence-electron chi connectivity index (χ3n) is 7.89. The Hall–Kier alpha value is -5.08. The van der Waals surface area contributed by atoms with Gasteiger partial charge in [0.2, 0.25) is 0 Å². The summed E-state index contributed by atoms with van der Waals surface area (Å²) in [5.74, 6) is 0. The van der Waals surface area contributed by atoms with Gasteiger partial charge in [0.15, 0.2) is 0 Å². The molecule has 0 aliphatic heterocycles. The second-order valence-corrected chi connectivity index (χ2v) is 10.9. The van der Waals surface area contributed by atoms with E-state index in [-0.39, 0.29) is 0 Å². The van der Waals surface area contributed by atoms with Crippen LogP contribution in [-0.4, -0.2) is 0 Å². The zero-order valence-electron chi connectivity index (χ0n) is 24.8. The maximum absolute atomic E-state index is 2.33. The maximum atomic E-state index is 2.33. The number of benzene rings is 6. The molecule has 0 fully saturated rings. The molecule has 6 rings (SSSR count). The van der Waals surface area contributed by atoms with Crippen molar-refractivity contribution in [1.82, 2.24) is 0 Å². The zero-order chi connectivity index (χ0) is 29.3. The fourth-order valence-electron chi connectivity index (χ4n) is 5.62. The standard InChI is InChI=1S/C41H38N2/c1-2-3-7-14-33-21-27-39(28-22-33)43(38-19-12-6-13-20-38)41-31-25-35(26-32-41)34-23-29-40(30-24-34)42(36-15-8-4-9-16-36)37-17-10-5-11-18-37/h4-6,8-13,15-32H,2-3,7,14H2,1H3. The second kappa shape index (κ2) is 13.7.